The Hall–Kier alpha value is -0.520. The van der Waals surface area contributed by atoms with Gasteiger partial charge >= 0.3 is 0 Å². The molecule has 0 aromatic carbocycles. The van der Waals surface area contributed by atoms with Gasteiger partial charge in [-0.25, -0.2) is 0 Å². The SMILES string of the molecule is O[C@@H]1[C@@H](O)[C@H](O)[C@H](OCCOCCO[C@H]2[C@H](O)[C@@H](O)[C@@H](O)[C@@H](O)[C@@H]2O)[C@H](O)[C@H]1O. The van der Waals surface area contributed by atoms with Gasteiger partial charge in [-0.2, -0.15) is 0 Å². The van der Waals surface area contributed by atoms with Crippen LogP contribution in [0.2, 0.25) is 0 Å². The molecule has 2 fully saturated rings. The normalized spacial score (nSPS) is 48.6. The van der Waals surface area contributed by atoms with Crippen LogP contribution in [0.3, 0.4) is 0 Å². The first-order valence-electron chi connectivity index (χ1n) is 9.21. The molecule has 10 N–H and O–H groups in total. The first kappa shape index (κ1) is 24.7. The standard InChI is InChI=1S/C16H30O13/c17-5-7(19)11(23)15(12(24)8(5)20)28-3-1-27-2-4-29-16-13(25)9(21)6(18)10(22)14(16)26/h5-26H,1-4H2/t5-,6-,7-,8+,9+,10-,11+,12-,13-,14+,15+,16+. The molecule has 2 rings (SSSR count). The van der Waals surface area contributed by atoms with Gasteiger partial charge in [-0.1, -0.05) is 0 Å². The number of ether oxygens (including phenoxy) is 3. The average molecular weight is 430 g/mol. The van der Waals surface area contributed by atoms with E-state index in [-0.39, 0.29) is 26.4 Å². The van der Waals surface area contributed by atoms with Crippen LogP contribution in [0.15, 0.2) is 0 Å². The molecule has 0 bridgehead atoms. The lowest BCUT2D eigenvalue weighted by Crippen LogP contribution is -2.64. The van der Waals surface area contributed by atoms with E-state index in [4.69, 9.17) is 14.2 Å². The number of aliphatic hydroxyl groups is 10. The second-order valence-corrected chi connectivity index (χ2v) is 7.19. The molecule has 0 spiro atoms. The fraction of sp³-hybridized carbons (Fsp3) is 1.00. The molecule has 172 valence electrons. The fourth-order valence-corrected chi connectivity index (χ4v) is 3.38. The van der Waals surface area contributed by atoms with Crippen LogP contribution in [0.5, 0.6) is 0 Å². The smallest absolute Gasteiger partial charge is 0.115 e. The third kappa shape index (κ3) is 5.40. The molecule has 0 radical (unpaired) electrons. The molecule has 0 unspecified atom stereocenters. The van der Waals surface area contributed by atoms with Crippen molar-refractivity contribution >= 4 is 0 Å². The Balaban J connectivity index is 1.66. The van der Waals surface area contributed by atoms with Crippen LogP contribution in [-0.4, -0.2) is 151 Å². The lowest BCUT2D eigenvalue weighted by Gasteiger charge is -2.41. The van der Waals surface area contributed by atoms with Gasteiger partial charge in [0.1, 0.15) is 73.2 Å². The van der Waals surface area contributed by atoms with Crippen molar-refractivity contribution in [1.82, 2.24) is 0 Å². The van der Waals surface area contributed by atoms with E-state index in [9.17, 15) is 51.1 Å². The molecular formula is C16H30O13. The molecule has 0 aromatic rings. The Morgan fingerprint density at radius 1 is 0.345 bits per heavy atom. The van der Waals surface area contributed by atoms with Crippen LogP contribution in [0.4, 0.5) is 0 Å². The summed E-state index contributed by atoms with van der Waals surface area (Å²) in [6, 6.07) is 0. The number of hydrogen-bond donors (Lipinski definition) is 10. The minimum Gasteiger partial charge on any atom is -0.387 e. The van der Waals surface area contributed by atoms with Crippen molar-refractivity contribution in [2.75, 3.05) is 26.4 Å². The van der Waals surface area contributed by atoms with E-state index in [0.29, 0.717) is 0 Å². The van der Waals surface area contributed by atoms with Crippen LogP contribution < -0.4 is 0 Å². The first-order valence-corrected chi connectivity index (χ1v) is 9.21. The van der Waals surface area contributed by atoms with Crippen molar-refractivity contribution in [3.63, 3.8) is 0 Å². The molecule has 13 nitrogen and oxygen atoms in total. The Morgan fingerprint density at radius 3 is 0.862 bits per heavy atom. The van der Waals surface area contributed by atoms with E-state index in [1.54, 1.807) is 0 Å². The molecule has 13 heteroatoms. The zero-order chi connectivity index (χ0) is 21.9. The molecule has 2 aliphatic carbocycles. The summed E-state index contributed by atoms with van der Waals surface area (Å²) in [5.41, 5.74) is 0. The van der Waals surface area contributed by atoms with E-state index < -0.39 is 73.2 Å². The van der Waals surface area contributed by atoms with Crippen molar-refractivity contribution in [2.45, 2.75) is 73.2 Å². The molecule has 0 heterocycles. The minimum atomic E-state index is -1.71. The van der Waals surface area contributed by atoms with Crippen LogP contribution in [-0.2, 0) is 14.2 Å². The van der Waals surface area contributed by atoms with E-state index in [1.807, 2.05) is 0 Å². The zero-order valence-corrected chi connectivity index (χ0v) is 15.5. The van der Waals surface area contributed by atoms with E-state index >= 15 is 0 Å². The van der Waals surface area contributed by atoms with Crippen molar-refractivity contribution in [1.29, 1.82) is 0 Å². The Labute approximate surface area is 165 Å². The van der Waals surface area contributed by atoms with Gasteiger partial charge in [0, 0.05) is 0 Å². The lowest BCUT2D eigenvalue weighted by molar-refractivity contribution is -0.240. The van der Waals surface area contributed by atoms with Crippen molar-refractivity contribution in [3.05, 3.63) is 0 Å². The maximum absolute atomic E-state index is 9.82. The van der Waals surface area contributed by atoms with Gasteiger partial charge < -0.3 is 65.3 Å². The maximum atomic E-state index is 9.82. The second-order valence-electron chi connectivity index (χ2n) is 7.19. The molecule has 2 aliphatic rings. The monoisotopic (exact) mass is 430 g/mol. The molecule has 0 amide bonds. The maximum Gasteiger partial charge on any atom is 0.115 e. The molecule has 0 aromatic heterocycles. The molecule has 29 heavy (non-hydrogen) atoms. The van der Waals surface area contributed by atoms with E-state index in [2.05, 4.69) is 0 Å². The molecule has 12 atom stereocenters. The quantitative estimate of drug-likeness (QED) is 0.162. The number of hydrogen-bond acceptors (Lipinski definition) is 13. The van der Waals surface area contributed by atoms with Crippen LogP contribution in [0.25, 0.3) is 0 Å². The summed E-state index contributed by atoms with van der Waals surface area (Å²) in [6.07, 6.45) is -19.3. The van der Waals surface area contributed by atoms with Gasteiger partial charge in [0.25, 0.3) is 0 Å². The predicted octanol–water partition coefficient (Wildman–Crippen LogP) is -6.59. The van der Waals surface area contributed by atoms with Crippen molar-refractivity contribution < 1.29 is 65.3 Å². The Bertz CT molecular complexity index is 421. The number of rotatable bonds is 8. The highest BCUT2D eigenvalue weighted by Gasteiger charge is 2.49. The molecular weight excluding hydrogens is 400 g/mol. The molecule has 0 aliphatic heterocycles. The minimum absolute atomic E-state index is 0.0478. The third-order valence-corrected chi connectivity index (χ3v) is 5.22. The molecule has 2 saturated carbocycles. The molecule has 0 saturated heterocycles. The number of aliphatic hydroxyl groups excluding tert-OH is 10. The fourth-order valence-electron chi connectivity index (χ4n) is 3.38. The summed E-state index contributed by atoms with van der Waals surface area (Å²) in [6.45, 7) is -0.388. The van der Waals surface area contributed by atoms with Gasteiger partial charge in [0.2, 0.25) is 0 Å². The lowest BCUT2D eigenvalue weighted by atomic mass is 9.85. The third-order valence-electron chi connectivity index (χ3n) is 5.22. The van der Waals surface area contributed by atoms with Crippen molar-refractivity contribution in [3.8, 4) is 0 Å². The topological polar surface area (TPSA) is 230 Å². The van der Waals surface area contributed by atoms with Gasteiger partial charge in [0.15, 0.2) is 0 Å². The Kier molecular flexibility index (Phi) is 9.11. The summed E-state index contributed by atoms with van der Waals surface area (Å²) in [5, 5.41) is 96.6. The van der Waals surface area contributed by atoms with Crippen LogP contribution >= 0.6 is 0 Å². The van der Waals surface area contributed by atoms with Gasteiger partial charge in [-0.3, -0.25) is 0 Å². The average Bonchev–Trinajstić information content (AvgIpc) is 2.71. The van der Waals surface area contributed by atoms with Gasteiger partial charge in [-0.15, -0.1) is 0 Å². The predicted molar refractivity (Wildman–Crippen MR) is 90.4 cm³/mol. The summed E-state index contributed by atoms with van der Waals surface area (Å²) < 4.78 is 15.6. The largest absolute Gasteiger partial charge is 0.387 e. The van der Waals surface area contributed by atoms with E-state index in [1.165, 1.54) is 0 Å². The highest BCUT2D eigenvalue weighted by Crippen LogP contribution is 2.25. The highest BCUT2D eigenvalue weighted by atomic mass is 16.6. The first-order chi connectivity index (χ1) is 13.6. The summed E-state index contributed by atoms with van der Waals surface area (Å²) >= 11 is 0. The van der Waals surface area contributed by atoms with Gasteiger partial charge in [0.05, 0.1) is 26.4 Å². The van der Waals surface area contributed by atoms with Crippen LogP contribution in [0, 0.1) is 0 Å². The second kappa shape index (κ2) is 10.7. The van der Waals surface area contributed by atoms with Crippen molar-refractivity contribution in [2.24, 2.45) is 0 Å². The zero-order valence-electron chi connectivity index (χ0n) is 15.5. The highest BCUT2D eigenvalue weighted by molar-refractivity contribution is 5.00. The van der Waals surface area contributed by atoms with E-state index in [0.717, 1.165) is 0 Å². The summed E-state index contributed by atoms with van der Waals surface area (Å²) in [7, 11) is 0. The van der Waals surface area contributed by atoms with Crippen LogP contribution in [0.1, 0.15) is 0 Å². The summed E-state index contributed by atoms with van der Waals surface area (Å²) in [4.78, 5) is 0. The Morgan fingerprint density at radius 2 is 0.586 bits per heavy atom. The van der Waals surface area contributed by atoms with Gasteiger partial charge in [-0.05, 0) is 0 Å². The summed E-state index contributed by atoms with van der Waals surface area (Å²) in [5.74, 6) is 0.